The van der Waals surface area contributed by atoms with Crippen LogP contribution < -0.4 is 5.32 Å². The van der Waals surface area contributed by atoms with Gasteiger partial charge in [-0.05, 0) is 30.2 Å². The predicted molar refractivity (Wildman–Crippen MR) is 104 cm³/mol. The lowest BCUT2D eigenvalue weighted by atomic mass is 9.76. The summed E-state index contributed by atoms with van der Waals surface area (Å²) in [4.78, 5) is 30.7. The van der Waals surface area contributed by atoms with E-state index in [4.69, 9.17) is 11.6 Å². The van der Waals surface area contributed by atoms with Gasteiger partial charge in [0.1, 0.15) is 0 Å². The molecule has 3 heterocycles. The molecule has 6 heteroatoms. The molecule has 2 N–H and O–H groups in total. The number of rotatable bonds is 1. The lowest BCUT2D eigenvalue weighted by molar-refractivity contribution is -0.154. The standard InChI is InChI=1S/C21H18ClN3O2/c1-21-19-18(13-7-3-5-9-16(13)24-19)14(12-6-2-4-8-15(12)22)11-25(21)17(26)10-23-20(21)27/h2-9,14,24H,10-11H2,1H3,(H,23,27)/t14-,21+/m1/s1. The van der Waals surface area contributed by atoms with E-state index in [1.807, 2.05) is 49.4 Å². The SMILES string of the molecule is C[C@]12C(=O)NCC(=O)N1C[C@H](c1ccccc1Cl)c1c2[nH]c2ccccc12. The smallest absolute Gasteiger partial charge is 0.252 e. The van der Waals surface area contributed by atoms with Crippen LogP contribution >= 0.6 is 11.6 Å². The van der Waals surface area contributed by atoms with Crippen molar-refractivity contribution in [3.8, 4) is 0 Å². The van der Waals surface area contributed by atoms with Crippen LogP contribution in [0, 0.1) is 0 Å². The van der Waals surface area contributed by atoms with E-state index >= 15 is 0 Å². The van der Waals surface area contributed by atoms with Crippen molar-refractivity contribution >= 4 is 34.3 Å². The lowest BCUT2D eigenvalue weighted by Gasteiger charge is -2.48. The largest absolute Gasteiger partial charge is 0.356 e. The van der Waals surface area contributed by atoms with E-state index in [1.54, 1.807) is 4.90 Å². The van der Waals surface area contributed by atoms with Crippen molar-refractivity contribution in [3.63, 3.8) is 0 Å². The van der Waals surface area contributed by atoms with Crippen molar-refractivity contribution in [2.24, 2.45) is 0 Å². The first kappa shape index (κ1) is 16.4. The Morgan fingerprint density at radius 1 is 1.11 bits per heavy atom. The number of H-pyrrole nitrogens is 1. The summed E-state index contributed by atoms with van der Waals surface area (Å²) in [6.45, 7) is 2.26. The summed E-state index contributed by atoms with van der Waals surface area (Å²) in [7, 11) is 0. The summed E-state index contributed by atoms with van der Waals surface area (Å²) in [5, 5.41) is 4.47. The molecule has 0 radical (unpaired) electrons. The van der Waals surface area contributed by atoms with Crippen LogP contribution in [0.15, 0.2) is 48.5 Å². The molecule has 0 aliphatic carbocycles. The zero-order valence-electron chi connectivity index (χ0n) is 14.8. The molecular formula is C21H18ClN3O2. The molecule has 2 amide bonds. The van der Waals surface area contributed by atoms with Crippen molar-refractivity contribution < 1.29 is 9.59 Å². The second-order valence-corrected chi connectivity index (χ2v) is 7.70. The molecule has 1 fully saturated rings. The predicted octanol–water partition coefficient (Wildman–Crippen LogP) is 3.14. The van der Waals surface area contributed by atoms with Gasteiger partial charge in [0.2, 0.25) is 5.91 Å². The van der Waals surface area contributed by atoms with Crippen LogP contribution in [0.2, 0.25) is 5.02 Å². The number of piperazine rings is 1. The fourth-order valence-electron chi connectivity index (χ4n) is 4.52. The van der Waals surface area contributed by atoms with Crippen LogP contribution in [-0.2, 0) is 15.1 Å². The van der Waals surface area contributed by atoms with Gasteiger partial charge in [-0.1, -0.05) is 48.0 Å². The first-order valence-electron chi connectivity index (χ1n) is 8.96. The number of para-hydroxylation sites is 1. The molecule has 0 unspecified atom stereocenters. The van der Waals surface area contributed by atoms with Gasteiger partial charge in [0.25, 0.3) is 5.91 Å². The lowest BCUT2D eigenvalue weighted by Crippen LogP contribution is -2.66. The molecule has 0 saturated carbocycles. The van der Waals surface area contributed by atoms with Gasteiger partial charge in [0.15, 0.2) is 5.54 Å². The Morgan fingerprint density at radius 3 is 2.67 bits per heavy atom. The Balaban J connectivity index is 1.84. The van der Waals surface area contributed by atoms with E-state index < -0.39 is 5.54 Å². The number of carbonyl (C=O) groups excluding carboxylic acids is 2. The Labute approximate surface area is 161 Å². The van der Waals surface area contributed by atoms with E-state index in [9.17, 15) is 9.59 Å². The maximum absolute atomic E-state index is 12.9. The highest BCUT2D eigenvalue weighted by atomic mass is 35.5. The zero-order chi connectivity index (χ0) is 18.8. The topological polar surface area (TPSA) is 65.2 Å². The molecule has 2 atom stereocenters. The average molecular weight is 380 g/mol. The van der Waals surface area contributed by atoms with Gasteiger partial charge in [-0.3, -0.25) is 9.59 Å². The first-order valence-corrected chi connectivity index (χ1v) is 9.34. The third-order valence-electron chi connectivity index (χ3n) is 5.91. The molecular weight excluding hydrogens is 362 g/mol. The van der Waals surface area contributed by atoms with Crippen molar-refractivity contribution in [3.05, 3.63) is 70.4 Å². The molecule has 27 heavy (non-hydrogen) atoms. The Bertz CT molecular complexity index is 1110. The number of halogens is 1. The van der Waals surface area contributed by atoms with Gasteiger partial charge in [-0.2, -0.15) is 0 Å². The summed E-state index contributed by atoms with van der Waals surface area (Å²) in [5.74, 6) is -0.348. The van der Waals surface area contributed by atoms with Crippen molar-refractivity contribution in [2.75, 3.05) is 13.1 Å². The Hall–Kier alpha value is -2.79. The summed E-state index contributed by atoms with van der Waals surface area (Å²) < 4.78 is 0. The van der Waals surface area contributed by atoms with Crippen molar-refractivity contribution in [2.45, 2.75) is 18.4 Å². The van der Waals surface area contributed by atoms with Crippen LogP contribution in [0.1, 0.15) is 29.7 Å². The summed E-state index contributed by atoms with van der Waals surface area (Å²) in [6.07, 6.45) is 0. The Kier molecular flexibility index (Phi) is 3.40. The molecule has 5 rings (SSSR count). The van der Waals surface area contributed by atoms with E-state index in [1.165, 1.54) is 0 Å². The molecule has 2 aliphatic rings. The van der Waals surface area contributed by atoms with Gasteiger partial charge in [0.05, 0.1) is 12.2 Å². The quantitative estimate of drug-likeness (QED) is 0.682. The normalized spacial score (nSPS) is 24.5. The molecule has 1 saturated heterocycles. The van der Waals surface area contributed by atoms with Gasteiger partial charge < -0.3 is 15.2 Å². The molecule has 136 valence electrons. The average Bonchev–Trinajstić information content (AvgIpc) is 3.07. The number of fused-ring (bicyclic) bond motifs is 5. The molecule has 2 aromatic carbocycles. The maximum atomic E-state index is 12.9. The van der Waals surface area contributed by atoms with Crippen LogP contribution in [0.4, 0.5) is 0 Å². The minimum absolute atomic E-state index is 0.0270. The second kappa shape index (κ2) is 5.60. The van der Waals surface area contributed by atoms with Crippen molar-refractivity contribution in [1.82, 2.24) is 15.2 Å². The molecule has 0 bridgehead atoms. The highest BCUT2D eigenvalue weighted by molar-refractivity contribution is 6.31. The number of hydrogen-bond acceptors (Lipinski definition) is 2. The number of aromatic amines is 1. The third-order valence-corrected chi connectivity index (χ3v) is 6.25. The van der Waals surface area contributed by atoms with E-state index in [0.717, 1.165) is 27.7 Å². The number of carbonyl (C=O) groups is 2. The van der Waals surface area contributed by atoms with Gasteiger partial charge in [0, 0.05) is 28.4 Å². The van der Waals surface area contributed by atoms with E-state index in [-0.39, 0.29) is 24.3 Å². The summed E-state index contributed by atoms with van der Waals surface area (Å²) in [6, 6.07) is 15.7. The van der Waals surface area contributed by atoms with E-state index in [0.29, 0.717) is 11.6 Å². The number of benzene rings is 2. The fraction of sp³-hybridized carbons (Fsp3) is 0.238. The van der Waals surface area contributed by atoms with Crippen LogP contribution in [0.3, 0.4) is 0 Å². The molecule has 3 aromatic rings. The number of hydrogen-bond donors (Lipinski definition) is 2. The third kappa shape index (κ3) is 2.12. The van der Waals surface area contributed by atoms with Crippen molar-refractivity contribution in [1.29, 1.82) is 0 Å². The van der Waals surface area contributed by atoms with Crippen LogP contribution in [-0.4, -0.2) is 34.8 Å². The summed E-state index contributed by atoms with van der Waals surface area (Å²) >= 11 is 6.52. The monoisotopic (exact) mass is 379 g/mol. The van der Waals surface area contributed by atoms with Crippen LogP contribution in [0.25, 0.3) is 10.9 Å². The molecule has 1 aromatic heterocycles. The molecule has 0 spiro atoms. The van der Waals surface area contributed by atoms with Crippen LogP contribution in [0.5, 0.6) is 0 Å². The zero-order valence-corrected chi connectivity index (χ0v) is 15.5. The first-order chi connectivity index (χ1) is 13.0. The van der Waals surface area contributed by atoms with Gasteiger partial charge in [-0.25, -0.2) is 0 Å². The molecule has 2 aliphatic heterocycles. The maximum Gasteiger partial charge on any atom is 0.252 e. The highest BCUT2D eigenvalue weighted by Crippen LogP contribution is 2.47. The van der Waals surface area contributed by atoms with Gasteiger partial charge >= 0.3 is 0 Å². The Morgan fingerprint density at radius 2 is 1.85 bits per heavy atom. The second-order valence-electron chi connectivity index (χ2n) is 7.29. The van der Waals surface area contributed by atoms with E-state index in [2.05, 4.69) is 16.4 Å². The number of aromatic nitrogens is 1. The minimum atomic E-state index is -1.05. The summed E-state index contributed by atoms with van der Waals surface area (Å²) in [5.41, 5.74) is 2.67. The minimum Gasteiger partial charge on any atom is -0.356 e. The number of amides is 2. The van der Waals surface area contributed by atoms with Gasteiger partial charge in [-0.15, -0.1) is 0 Å². The number of nitrogens with zero attached hydrogens (tertiary/aromatic N) is 1. The fourth-order valence-corrected chi connectivity index (χ4v) is 4.79. The molecule has 5 nitrogen and oxygen atoms in total. The highest BCUT2D eigenvalue weighted by Gasteiger charge is 2.54. The number of nitrogens with one attached hydrogen (secondary N) is 2.